The minimum atomic E-state index is -0.253. The van der Waals surface area contributed by atoms with Gasteiger partial charge < -0.3 is 19.0 Å². The molecular formula is C17H16N2O4. The van der Waals surface area contributed by atoms with Crippen LogP contribution in [0.1, 0.15) is 5.76 Å². The van der Waals surface area contributed by atoms with E-state index >= 15 is 0 Å². The molecule has 6 nitrogen and oxygen atoms in total. The molecule has 23 heavy (non-hydrogen) atoms. The first kappa shape index (κ1) is 14.9. The Hall–Kier alpha value is -3.02. The van der Waals surface area contributed by atoms with Crippen LogP contribution in [0.15, 0.2) is 58.1 Å². The molecule has 0 aliphatic heterocycles. The lowest BCUT2D eigenvalue weighted by atomic mass is 10.1. The lowest BCUT2D eigenvalue weighted by molar-refractivity contribution is -0.121. The van der Waals surface area contributed by atoms with Gasteiger partial charge in [-0.3, -0.25) is 9.59 Å². The predicted octanol–water partition coefficient (Wildman–Crippen LogP) is 1.92. The lowest BCUT2D eigenvalue weighted by Crippen LogP contribution is -2.31. The van der Waals surface area contributed by atoms with E-state index in [-0.39, 0.29) is 18.0 Å². The van der Waals surface area contributed by atoms with Gasteiger partial charge in [-0.05, 0) is 41.8 Å². The van der Waals surface area contributed by atoms with Gasteiger partial charge in [0.15, 0.2) is 0 Å². The van der Waals surface area contributed by atoms with E-state index < -0.39 is 0 Å². The molecule has 0 fully saturated rings. The van der Waals surface area contributed by atoms with Gasteiger partial charge in [0.25, 0.3) is 5.56 Å². The van der Waals surface area contributed by atoms with Crippen LogP contribution in [0.25, 0.3) is 10.8 Å². The molecule has 0 atom stereocenters. The molecule has 0 aliphatic carbocycles. The SMILES string of the molecule is COc1ccc2c(=O)n(CC(=O)NCc3ccco3)ccc2c1. The van der Waals surface area contributed by atoms with Crippen molar-refractivity contribution >= 4 is 16.7 Å². The quantitative estimate of drug-likeness (QED) is 0.781. The largest absolute Gasteiger partial charge is 0.497 e. The van der Waals surface area contributed by atoms with Crippen molar-refractivity contribution in [3.05, 3.63) is 65.0 Å². The number of ether oxygens (including phenoxy) is 1. The first-order chi connectivity index (χ1) is 11.2. The van der Waals surface area contributed by atoms with Crippen LogP contribution in [0.3, 0.4) is 0 Å². The number of furan rings is 1. The van der Waals surface area contributed by atoms with Crippen molar-refractivity contribution in [2.24, 2.45) is 0 Å². The normalized spacial score (nSPS) is 10.7. The first-order valence-corrected chi connectivity index (χ1v) is 7.13. The monoisotopic (exact) mass is 312 g/mol. The van der Waals surface area contributed by atoms with Crippen LogP contribution < -0.4 is 15.6 Å². The van der Waals surface area contributed by atoms with Crippen molar-refractivity contribution < 1.29 is 13.9 Å². The molecule has 1 amide bonds. The number of fused-ring (bicyclic) bond motifs is 1. The van der Waals surface area contributed by atoms with E-state index in [2.05, 4.69) is 5.32 Å². The molecular weight excluding hydrogens is 296 g/mol. The minimum Gasteiger partial charge on any atom is -0.497 e. The van der Waals surface area contributed by atoms with Gasteiger partial charge in [-0.2, -0.15) is 0 Å². The molecule has 2 heterocycles. The predicted molar refractivity (Wildman–Crippen MR) is 85.3 cm³/mol. The van der Waals surface area contributed by atoms with Crippen molar-refractivity contribution in [3.63, 3.8) is 0 Å². The Bertz CT molecular complexity index is 881. The van der Waals surface area contributed by atoms with Gasteiger partial charge >= 0.3 is 0 Å². The van der Waals surface area contributed by atoms with Crippen LogP contribution in [0.4, 0.5) is 0 Å². The number of pyridine rings is 1. The van der Waals surface area contributed by atoms with Gasteiger partial charge in [0.05, 0.1) is 19.9 Å². The van der Waals surface area contributed by atoms with Crippen LogP contribution >= 0.6 is 0 Å². The maximum atomic E-state index is 12.4. The second kappa shape index (κ2) is 6.39. The van der Waals surface area contributed by atoms with Crippen LogP contribution in [0.2, 0.25) is 0 Å². The molecule has 0 bridgehead atoms. The average Bonchev–Trinajstić information content (AvgIpc) is 3.09. The van der Waals surface area contributed by atoms with E-state index in [0.717, 1.165) is 5.39 Å². The number of benzene rings is 1. The Labute approximate surface area is 132 Å². The highest BCUT2D eigenvalue weighted by Gasteiger charge is 2.08. The molecule has 0 aliphatic rings. The molecule has 1 N–H and O–H groups in total. The van der Waals surface area contributed by atoms with Gasteiger partial charge in [0, 0.05) is 11.6 Å². The molecule has 6 heteroatoms. The number of rotatable bonds is 5. The third kappa shape index (κ3) is 3.26. The highest BCUT2D eigenvalue weighted by molar-refractivity contribution is 5.83. The smallest absolute Gasteiger partial charge is 0.258 e. The Morgan fingerprint density at radius 1 is 1.30 bits per heavy atom. The second-order valence-electron chi connectivity index (χ2n) is 5.06. The Balaban J connectivity index is 1.76. The zero-order valence-electron chi connectivity index (χ0n) is 12.6. The van der Waals surface area contributed by atoms with E-state index in [9.17, 15) is 9.59 Å². The summed E-state index contributed by atoms with van der Waals surface area (Å²) in [6.45, 7) is 0.257. The van der Waals surface area contributed by atoms with Gasteiger partial charge in [-0.1, -0.05) is 0 Å². The summed E-state index contributed by atoms with van der Waals surface area (Å²) >= 11 is 0. The molecule has 0 unspecified atom stereocenters. The van der Waals surface area contributed by atoms with Gasteiger partial charge in [-0.25, -0.2) is 0 Å². The Kier molecular flexibility index (Phi) is 4.14. The summed E-state index contributed by atoms with van der Waals surface area (Å²) in [4.78, 5) is 24.4. The van der Waals surface area contributed by atoms with Crippen LogP contribution in [0.5, 0.6) is 5.75 Å². The van der Waals surface area contributed by atoms with E-state index in [4.69, 9.17) is 9.15 Å². The summed E-state index contributed by atoms with van der Waals surface area (Å²) in [6.07, 6.45) is 3.15. The highest BCUT2D eigenvalue weighted by atomic mass is 16.5. The minimum absolute atomic E-state index is 0.0402. The summed E-state index contributed by atoms with van der Waals surface area (Å²) < 4.78 is 11.7. The number of nitrogens with zero attached hydrogens (tertiary/aromatic N) is 1. The van der Waals surface area contributed by atoms with Gasteiger partial charge in [-0.15, -0.1) is 0 Å². The molecule has 3 rings (SSSR count). The third-order valence-corrected chi connectivity index (χ3v) is 3.54. The van der Waals surface area contributed by atoms with Crippen molar-refractivity contribution in [1.82, 2.24) is 9.88 Å². The maximum absolute atomic E-state index is 12.4. The van der Waals surface area contributed by atoms with Crippen molar-refractivity contribution in [2.45, 2.75) is 13.1 Å². The first-order valence-electron chi connectivity index (χ1n) is 7.13. The molecule has 1 aromatic carbocycles. The fourth-order valence-corrected chi connectivity index (χ4v) is 2.33. The molecule has 3 aromatic rings. The third-order valence-electron chi connectivity index (χ3n) is 3.54. The van der Waals surface area contributed by atoms with Crippen molar-refractivity contribution in [3.8, 4) is 5.75 Å². The topological polar surface area (TPSA) is 73.5 Å². The van der Waals surface area contributed by atoms with E-state index in [1.54, 1.807) is 56.0 Å². The molecule has 0 saturated heterocycles. The average molecular weight is 312 g/mol. The fraction of sp³-hybridized carbons (Fsp3) is 0.176. The van der Waals surface area contributed by atoms with E-state index in [0.29, 0.717) is 23.4 Å². The molecule has 118 valence electrons. The zero-order valence-corrected chi connectivity index (χ0v) is 12.6. The van der Waals surface area contributed by atoms with Crippen molar-refractivity contribution in [1.29, 1.82) is 0 Å². The van der Waals surface area contributed by atoms with E-state index in [1.807, 2.05) is 0 Å². The van der Waals surface area contributed by atoms with Crippen LogP contribution in [-0.2, 0) is 17.9 Å². The van der Waals surface area contributed by atoms with Gasteiger partial charge in [0.2, 0.25) is 5.91 Å². The molecule has 0 saturated carbocycles. The number of methoxy groups -OCH3 is 1. The molecule has 0 radical (unpaired) electrons. The van der Waals surface area contributed by atoms with Gasteiger partial charge in [0.1, 0.15) is 18.1 Å². The summed E-state index contributed by atoms with van der Waals surface area (Å²) in [6, 6.07) is 10.5. The summed E-state index contributed by atoms with van der Waals surface area (Å²) in [7, 11) is 1.58. The summed E-state index contributed by atoms with van der Waals surface area (Å²) in [5, 5.41) is 4.04. The Morgan fingerprint density at radius 2 is 2.17 bits per heavy atom. The standard InChI is InChI=1S/C17H16N2O4/c1-22-13-4-5-15-12(9-13)6-7-19(17(15)21)11-16(20)18-10-14-3-2-8-23-14/h2-9H,10-11H2,1H3,(H,18,20). The van der Waals surface area contributed by atoms with Crippen molar-refractivity contribution in [2.75, 3.05) is 7.11 Å². The number of hydrogen-bond acceptors (Lipinski definition) is 4. The second-order valence-corrected chi connectivity index (χ2v) is 5.06. The van der Waals surface area contributed by atoms with Crippen LogP contribution in [0, 0.1) is 0 Å². The number of carbonyl (C=O) groups is 1. The zero-order chi connectivity index (χ0) is 16.2. The maximum Gasteiger partial charge on any atom is 0.258 e. The number of nitrogens with one attached hydrogen (secondary N) is 1. The summed E-state index contributed by atoms with van der Waals surface area (Å²) in [5.74, 6) is 1.10. The number of aromatic nitrogens is 1. The number of carbonyl (C=O) groups excluding carboxylic acids is 1. The fourth-order valence-electron chi connectivity index (χ4n) is 2.33. The molecule has 0 spiro atoms. The highest BCUT2D eigenvalue weighted by Crippen LogP contribution is 2.17. The lowest BCUT2D eigenvalue weighted by Gasteiger charge is -2.08. The van der Waals surface area contributed by atoms with E-state index in [1.165, 1.54) is 4.57 Å². The van der Waals surface area contributed by atoms with Crippen LogP contribution in [-0.4, -0.2) is 17.6 Å². The summed E-state index contributed by atoms with van der Waals surface area (Å²) in [5.41, 5.74) is -0.210. The molecule has 2 aromatic heterocycles. The Morgan fingerprint density at radius 3 is 2.91 bits per heavy atom. The number of hydrogen-bond donors (Lipinski definition) is 1. The number of amides is 1.